The van der Waals surface area contributed by atoms with E-state index in [4.69, 9.17) is 16.2 Å². The van der Waals surface area contributed by atoms with Crippen LogP contribution in [0.2, 0.25) is 0 Å². The third kappa shape index (κ3) is 4.55. The maximum absolute atomic E-state index is 12.6. The average Bonchev–Trinajstić information content (AvgIpc) is 2.68. The molecule has 1 heterocycles. The number of anilines is 1. The number of nitrogens with one attached hydrogen (secondary N) is 2. The number of amides is 2. The molecule has 8 nitrogen and oxygen atoms in total. The summed E-state index contributed by atoms with van der Waals surface area (Å²) in [5.41, 5.74) is 8.45. The largest absolute Gasteiger partial charge is 0.481 e. The highest BCUT2D eigenvalue weighted by Gasteiger charge is 2.29. The van der Waals surface area contributed by atoms with Gasteiger partial charge in [-0.2, -0.15) is 0 Å². The predicted octanol–water partition coefficient (Wildman–Crippen LogP) is 1.75. The molecule has 1 aliphatic heterocycles. The van der Waals surface area contributed by atoms with Crippen molar-refractivity contribution in [3.63, 3.8) is 0 Å². The second kappa shape index (κ2) is 8.50. The molecule has 152 valence electrons. The number of hydrogen-bond donors (Lipinski definition) is 4. The second-order valence-electron chi connectivity index (χ2n) is 7.73. The lowest BCUT2D eigenvalue weighted by Crippen LogP contribution is -2.54. The number of benzene rings is 1. The van der Waals surface area contributed by atoms with Crippen molar-refractivity contribution in [1.82, 2.24) is 10.2 Å². The van der Waals surface area contributed by atoms with Gasteiger partial charge in [-0.3, -0.25) is 10.2 Å². The molecule has 0 atom stereocenters. The molecule has 3 rings (SSSR count). The lowest BCUT2D eigenvalue weighted by atomic mass is 9.86. The fraction of sp³-hybridized carbons (Fsp3) is 0.550. The number of carbonyl (C=O) groups is 2. The topological polar surface area (TPSA) is 123 Å². The van der Waals surface area contributed by atoms with Crippen molar-refractivity contribution < 1.29 is 14.7 Å². The number of urea groups is 1. The van der Waals surface area contributed by atoms with Crippen LogP contribution in [0.1, 0.15) is 36.8 Å². The smallest absolute Gasteiger partial charge is 0.317 e. The molecular formula is C20H29N5O3. The van der Waals surface area contributed by atoms with Gasteiger partial charge in [-0.15, -0.1) is 0 Å². The minimum absolute atomic E-state index is 0.0536. The molecule has 1 saturated carbocycles. The van der Waals surface area contributed by atoms with Gasteiger partial charge in [0.2, 0.25) is 0 Å². The van der Waals surface area contributed by atoms with Crippen LogP contribution in [0.25, 0.3) is 0 Å². The fourth-order valence-corrected chi connectivity index (χ4v) is 4.08. The van der Waals surface area contributed by atoms with Crippen molar-refractivity contribution in [2.45, 2.75) is 38.6 Å². The molecule has 1 saturated heterocycles. The van der Waals surface area contributed by atoms with Gasteiger partial charge < -0.3 is 26.0 Å². The first kappa shape index (κ1) is 20.0. The van der Waals surface area contributed by atoms with Crippen LogP contribution in [0.15, 0.2) is 18.2 Å². The number of piperazine rings is 1. The zero-order chi connectivity index (χ0) is 20.3. The summed E-state index contributed by atoms with van der Waals surface area (Å²) in [4.78, 5) is 27.7. The molecule has 1 aromatic carbocycles. The Bertz CT molecular complexity index is 750. The van der Waals surface area contributed by atoms with Crippen molar-refractivity contribution >= 4 is 23.5 Å². The molecule has 0 radical (unpaired) electrons. The lowest BCUT2D eigenvalue weighted by molar-refractivity contribution is -0.142. The fourth-order valence-electron chi connectivity index (χ4n) is 4.08. The molecule has 2 amide bonds. The summed E-state index contributed by atoms with van der Waals surface area (Å²) in [5, 5.41) is 19.7. The Kier molecular flexibility index (Phi) is 6.06. The zero-order valence-electron chi connectivity index (χ0n) is 16.3. The number of rotatable bonds is 4. The van der Waals surface area contributed by atoms with Crippen LogP contribution in [0.5, 0.6) is 0 Å². The maximum atomic E-state index is 12.6. The van der Waals surface area contributed by atoms with Crippen molar-refractivity contribution in [2.24, 2.45) is 11.7 Å². The van der Waals surface area contributed by atoms with E-state index >= 15 is 0 Å². The Morgan fingerprint density at radius 3 is 2.32 bits per heavy atom. The molecule has 1 aromatic rings. The van der Waals surface area contributed by atoms with Gasteiger partial charge in [0, 0.05) is 43.5 Å². The summed E-state index contributed by atoms with van der Waals surface area (Å²) in [6, 6.07) is 5.79. The summed E-state index contributed by atoms with van der Waals surface area (Å²) < 4.78 is 0. The quantitative estimate of drug-likeness (QED) is 0.463. The van der Waals surface area contributed by atoms with Crippen LogP contribution in [-0.4, -0.2) is 60.1 Å². The Balaban J connectivity index is 1.49. The summed E-state index contributed by atoms with van der Waals surface area (Å²) in [6.07, 6.45) is 2.71. The number of carbonyl (C=O) groups excluding carboxylic acids is 1. The lowest BCUT2D eigenvalue weighted by Gasteiger charge is -2.38. The number of carboxylic acids is 1. The second-order valence-corrected chi connectivity index (χ2v) is 7.73. The number of amidine groups is 1. The van der Waals surface area contributed by atoms with Crippen LogP contribution in [0.4, 0.5) is 10.5 Å². The van der Waals surface area contributed by atoms with Gasteiger partial charge in [-0.1, -0.05) is 0 Å². The van der Waals surface area contributed by atoms with Crippen LogP contribution in [-0.2, 0) is 4.79 Å². The Labute approximate surface area is 165 Å². The summed E-state index contributed by atoms with van der Waals surface area (Å²) in [5.74, 6) is -0.935. The van der Waals surface area contributed by atoms with Gasteiger partial charge in [-0.25, -0.2) is 4.79 Å². The van der Waals surface area contributed by atoms with Gasteiger partial charge >= 0.3 is 12.0 Å². The summed E-state index contributed by atoms with van der Waals surface area (Å²) in [6.45, 7) is 4.79. The zero-order valence-corrected chi connectivity index (χ0v) is 16.3. The standard InChI is InChI=1S/C20H29N5O3/c1-13-12-15(18(21)22)4-7-17(13)24-8-10-25(11-9-24)20(28)23-16-5-2-14(3-6-16)19(26)27/h4,7,12,14,16H,2-3,5-6,8-11H2,1H3,(H3,21,22)(H,23,28)(H,26,27). The Morgan fingerprint density at radius 1 is 1.14 bits per heavy atom. The van der Waals surface area contributed by atoms with Crippen molar-refractivity contribution in [1.29, 1.82) is 5.41 Å². The number of nitrogens with two attached hydrogens (primary N) is 1. The molecule has 5 N–H and O–H groups in total. The van der Waals surface area contributed by atoms with E-state index in [1.54, 1.807) is 0 Å². The first-order chi connectivity index (χ1) is 13.3. The minimum Gasteiger partial charge on any atom is -0.481 e. The van der Waals surface area contributed by atoms with E-state index in [-0.39, 0.29) is 23.8 Å². The molecular weight excluding hydrogens is 358 g/mol. The molecule has 0 spiro atoms. The SMILES string of the molecule is Cc1cc(C(=N)N)ccc1N1CCN(C(=O)NC2CCC(C(=O)O)CC2)CC1. The summed E-state index contributed by atoms with van der Waals surface area (Å²) >= 11 is 0. The average molecular weight is 387 g/mol. The van der Waals surface area contributed by atoms with Gasteiger partial charge in [0.25, 0.3) is 0 Å². The molecule has 2 fully saturated rings. The first-order valence-electron chi connectivity index (χ1n) is 9.83. The van der Waals surface area contributed by atoms with E-state index < -0.39 is 5.97 Å². The number of aliphatic carboxylic acids is 1. The van der Waals surface area contributed by atoms with Crippen LogP contribution in [0, 0.1) is 18.3 Å². The Hall–Kier alpha value is -2.77. The first-order valence-corrected chi connectivity index (χ1v) is 9.83. The van der Waals surface area contributed by atoms with Gasteiger partial charge in [0.05, 0.1) is 5.92 Å². The molecule has 0 aromatic heterocycles. The van der Waals surface area contributed by atoms with Crippen molar-refractivity contribution in [2.75, 3.05) is 31.1 Å². The van der Waals surface area contributed by atoms with Crippen LogP contribution in [0.3, 0.4) is 0 Å². The van der Waals surface area contributed by atoms with E-state index in [2.05, 4.69) is 10.2 Å². The van der Waals surface area contributed by atoms with E-state index in [9.17, 15) is 9.59 Å². The number of aryl methyl sites for hydroxylation is 1. The minimum atomic E-state index is -0.729. The van der Waals surface area contributed by atoms with Crippen LogP contribution >= 0.6 is 0 Å². The van der Waals surface area contributed by atoms with E-state index in [1.807, 2.05) is 30.0 Å². The van der Waals surface area contributed by atoms with Gasteiger partial charge in [0.15, 0.2) is 0 Å². The Morgan fingerprint density at radius 2 is 1.79 bits per heavy atom. The molecule has 28 heavy (non-hydrogen) atoms. The van der Waals surface area contributed by atoms with Gasteiger partial charge in [-0.05, 0) is 56.4 Å². The molecule has 2 aliphatic rings. The van der Waals surface area contributed by atoms with E-state index in [0.717, 1.165) is 42.7 Å². The molecule has 8 heteroatoms. The van der Waals surface area contributed by atoms with Crippen LogP contribution < -0.4 is 16.0 Å². The van der Waals surface area contributed by atoms with E-state index in [1.165, 1.54) is 0 Å². The monoisotopic (exact) mass is 387 g/mol. The molecule has 0 bridgehead atoms. The molecule has 0 unspecified atom stereocenters. The predicted molar refractivity (Wildman–Crippen MR) is 108 cm³/mol. The number of nitrogens with zero attached hydrogens (tertiary/aromatic N) is 2. The van der Waals surface area contributed by atoms with Gasteiger partial charge in [0.1, 0.15) is 5.84 Å². The highest BCUT2D eigenvalue weighted by molar-refractivity contribution is 5.95. The number of carboxylic acid groups (broad SMARTS) is 1. The third-order valence-electron chi connectivity index (χ3n) is 5.82. The number of nitrogen functional groups attached to an aromatic ring is 1. The molecule has 1 aliphatic carbocycles. The summed E-state index contributed by atoms with van der Waals surface area (Å²) in [7, 11) is 0. The van der Waals surface area contributed by atoms with Crippen molar-refractivity contribution in [3.8, 4) is 0 Å². The highest BCUT2D eigenvalue weighted by atomic mass is 16.4. The van der Waals surface area contributed by atoms with E-state index in [0.29, 0.717) is 25.9 Å². The number of hydrogen-bond acceptors (Lipinski definition) is 4. The normalized spacial score (nSPS) is 22.6. The third-order valence-corrected chi connectivity index (χ3v) is 5.82. The maximum Gasteiger partial charge on any atom is 0.317 e. The highest BCUT2D eigenvalue weighted by Crippen LogP contribution is 2.25. The van der Waals surface area contributed by atoms with Crippen molar-refractivity contribution in [3.05, 3.63) is 29.3 Å².